The van der Waals surface area contributed by atoms with Crippen molar-refractivity contribution in [2.24, 2.45) is 0 Å². The Hall–Kier alpha value is -3.32. The lowest BCUT2D eigenvalue weighted by Crippen LogP contribution is -2.51. The number of hydrogen-bond acceptors (Lipinski definition) is 4. The molecular formula is C27H30N2O4S. The summed E-state index contributed by atoms with van der Waals surface area (Å²) >= 11 is 0. The molecule has 3 aromatic rings. The summed E-state index contributed by atoms with van der Waals surface area (Å²) in [5.41, 5.74) is 2.19. The Morgan fingerprint density at radius 2 is 1.62 bits per heavy atom. The van der Waals surface area contributed by atoms with Crippen LogP contribution in [0, 0.1) is 0 Å². The summed E-state index contributed by atoms with van der Waals surface area (Å²) < 4.78 is 34.7. The third kappa shape index (κ3) is 4.80. The van der Waals surface area contributed by atoms with Crippen molar-refractivity contribution in [3.63, 3.8) is 0 Å². The number of anilines is 1. The van der Waals surface area contributed by atoms with Gasteiger partial charge in [-0.25, -0.2) is 8.42 Å². The molecule has 6 nitrogen and oxygen atoms in total. The van der Waals surface area contributed by atoms with Crippen LogP contribution in [-0.2, 0) is 20.2 Å². The van der Waals surface area contributed by atoms with E-state index in [1.807, 2.05) is 49.4 Å². The highest BCUT2D eigenvalue weighted by atomic mass is 32.2. The van der Waals surface area contributed by atoms with Crippen molar-refractivity contribution in [1.82, 2.24) is 5.32 Å². The number of nitrogens with zero attached hydrogens (tertiary/aromatic N) is 1. The average molecular weight is 479 g/mol. The summed E-state index contributed by atoms with van der Waals surface area (Å²) in [6, 6.07) is 23.1. The monoisotopic (exact) mass is 478 g/mol. The van der Waals surface area contributed by atoms with Crippen LogP contribution in [0.4, 0.5) is 5.69 Å². The topological polar surface area (TPSA) is 75.7 Å². The van der Waals surface area contributed by atoms with Gasteiger partial charge in [-0.1, -0.05) is 75.4 Å². The summed E-state index contributed by atoms with van der Waals surface area (Å²) in [5.74, 6) is 0.00133. The Bertz CT molecular complexity index is 1270. The predicted octanol–water partition coefficient (Wildman–Crippen LogP) is 4.82. The fraction of sp³-hybridized carbons (Fsp3) is 0.296. The number of rotatable bonds is 5. The third-order valence-corrected chi connectivity index (χ3v) is 7.77. The first kappa shape index (κ1) is 23.8. The maximum absolute atomic E-state index is 13.7. The van der Waals surface area contributed by atoms with Crippen LogP contribution >= 0.6 is 0 Å². The predicted molar refractivity (Wildman–Crippen MR) is 134 cm³/mol. The number of carbonyl (C=O) groups is 1. The zero-order valence-electron chi connectivity index (χ0n) is 19.9. The molecule has 1 aliphatic rings. The normalized spacial score (nSPS) is 16.8. The minimum Gasteiger partial charge on any atom is -0.476 e. The minimum atomic E-state index is -3.91. The molecule has 0 bridgehead atoms. The van der Waals surface area contributed by atoms with Crippen LogP contribution in [0.15, 0.2) is 83.8 Å². The molecule has 1 amide bonds. The Labute approximate surface area is 201 Å². The van der Waals surface area contributed by atoms with Crippen molar-refractivity contribution in [2.45, 2.75) is 50.2 Å². The quantitative estimate of drug-likeness (QED) is 0.571. The van der Waals surface area contributed by atoms with Crippen LogP contribution in [-0.4, -0.2) is 27.0 Å². The molecule has 0 fully saturated rings. The van der Waals surface area contributed by atoms with Crippen LogP contribution in [0.2, 0.25) is 0 Å². The number of hydrogen-bond donors (Lipinski definition) is 1. The van der Waals surface area contributed by atoms with Gasteiger partial charge < -0.3 is 10.1 Å². The number of benzene rings is 3. The van der Waals surface area contributed by atoms with E-state index in [4.69, 9.17) is 4.74 Å². The van der Waals surface area contributed by atoms with Gasteiger partial charge in [-0.05, 0) is 47.7 Å². The van der Waals surface area contributed by atoms with Crippen LogP contribution < -0.4 is 14.4 Å². The summed E-state index contributed by atoms with van der Waals surface area (Å²) in [6.07, 6.45) is -0.988. The largest absolute Gasteiger partial charge is 0.476 e. The highest BCUT2D eigenvalue weighted by Crippen LogP contribution is 2.40. The lowest BCUT2D eigenvalue weighted by molar-refractivity contribution is -0.128. The van der Waals surface area contributed by atoms with Crippen molar-refractivity contribution in [1.29, 1.82) is 0 Å². The van der Waals surface area contributed by atoms with Gasteiger partial charge >= 0.3 is 0 Å². The van der Waals surface area contributed by atoms with E-state index in [0.717, 1.165) is 11.1 Å². The average Bonchev–Trinajstić information content (AvgIpc) is 2.83. The van der Waals surface area contributed by atoms with Gasteiger partial charge in [0.1, 0.15) is 5.75 Å². The third-order valence-electron chi connectivity index (χ3n) is 5.98. The Morgan fingerprint density at radius 1 is 1.00 bits per heavy atom. The van der Waals surface area contributed by atoms with E-state index in [-0.39, 0.29) is 28.8 Å². The van der Waals surface area contributed by atoms with E-state index in [0.29, 0.717) is 11.4 Å². The number of carbonyl (C=O) groups excluding carboxylic acids is 1. The van der Waals surface area contributed by atoms with Crippen LogP contribution in [0.5, 0.6) is 5.75 Å². The van der Waals surface area contributed by atoms with Crippen molar-refractivity contribution in [3.8, 4) is 5.75 Å². The summed E-state index contributed by atoms with van der Waals surface area (Å²) in [5, 5.41) is 2.96. The molecule has 0 saturated carbocycles. The molecule has 7 heteroatoms. The number of fused-ring (bicyclic) bond motifs is 1. The van der Waals surface area contributed by atoms with Gasteiger partial charge in [0.2, 0.25) is 0 Å². The van der Waals surface area contributed by atoms with Crippen molar-refractivity contribution >= 4 is 21.6 Å². The fourth-order valence-corrected chi connectivity index (χ4v) is 5.42. The van der Waals surface area contributed by atoms with E-state index < -0.39 is 16.1 Å². The van der Waals surface area contributed by atoms with E-state index >= 15 is 0 Å². The van der Waals surface area contributed by atoms with Gasteiger partial charge in [-0.2, -0.15) is 0 Å². The van der Waals surface area contributed by atoms with Gasteiger partial charge in [0, 0.05) is 0 Å². The van der Waals surface area contributed by atoms with E-state index in [1.165, 1.54) is 4.31 Å². The second-order valence-corrected chi connectivity index (χ2v) is 11.4. The maximum Gasteiger partial charge on any atom is 0.264 e. The molecule has 1 aliphatic heterocycles. The van der Waals surface area contributed by atoms with Crippen molar-refractivity contribution < 1.29 is 17.9 Å². The van der Waals surface area contributed by atoms with E-state index in [1.54, 1.807) is 36.4 Å². The highest BCUT2D eigenvalue weighted by Gasteiger charge is 2.38. The standard InChI is InChI=1S/C27H30N2O4S/c1-19(20-11-7-5-8-12-20)28-26(30)25-18-29(34(31,32)22-13-9-6-10-14-22)23-17-21(27(2,3)4)15-16-24(23)33-25/h5-17,19,25H,18H2,1-4H3,(H,28,30). The number of ether oxygens (including phenoxy) is 1. The summed E-state index contributed by atoms with van der Waals surface area (Å²) in [7, 11) is -3.91. The molecule has 0 aliphatic carbocycles. The molecule has 1 N–H and O–H groups in total. The summed E-state index contributed by atoms with van der Waals surface area (Å²) in [6.45, 7) is 7.96. The van der Waals surface area contributed by atoms with Crippen molar-refractivity contribution in [2.75, 3.05) is 10.8 Å². The van der Waals surface area contributed by atoms with Crippen LogP contribution in [0.3, 0.4) is 0 Å². The first-order valence-electron chi connectivity index (χ1n) is 11.3. The van der Waals surface area contributed by atoms with Gasteiger partial charge in [0.05, 0.1) is 23.2 Å². The molecular weight excluding hydrogens is 448 g/mol. The van der Waals surface area contributed by atoms with Gasteiger partial charge in [-0.15, -0.1) is 0 Å². The first-order valence-corrected chi connectivity index (χ1v) is 12.8. The van der Waals surface area contributed by atoms with Crippen LogP contribution in [0.1, 0.15) is 44.9 Å². The Morgan fingerprint density at radius 3 is 2.24 bits per heavy atom. The molecule has 0 aromatic heterocycles. The van der Waals surface area contributed by atoms with E-state index in [2.05, 4.69) is 26.1 Å². The number of amides is 1. The van der Waals surface area contributed by atoms with Gasteiger partial charge in [0.15, 0.2) is 6.10 Å². The molecule has 4 rings (SSSR count). The molecule has 0 saturated heterocycles. The molecule has 2 unspecified atom stereocenters. The maximum atomic E-state index is 13.7. The minimum absolute atomic E-state index is 0.120. The summed E-state index contributed by atoms with van der Waals surface area (Å²) in [4.78, 5) is 13.3. The molecule has 3 aromatic carbocycles. The molecule has 34 heavy (non-hydrogen) atoms. The molecule has 0 spiro atoms. The lowest BCUT2D eigenvalue weighted by atomic mass is 9.86. The molecule has 2 atom stereocenters. The lowest BCUT2D eigenvalue weighted by Gasteiger charge is -2.36. The highest BCUT2D eigenvalue weighted by molar-refractivity contribution is 7.92. The zero-order valence-corrected chi connectivity index (χ0v) is 20.7. The Kier molecular flexibility index (Phi) is 6.41. The van der Waals surface area contributed by atoms with Gasteiger partial charge in [0.25, 0.3) is 15.9 Å². The SMILES string of the molecule is CC(NC(=O)C1CN(S(=O)(=O)c2ccccc2)c2cc(C(C)(C)C)ccc2O1)c1ccccc1. The zero-order chi connectivity index (χ0) is 24.5. The number of nitrogens with one attached hydrogen (secondary N) is 1. The molecule has 1 heterocycles. The van der Waals surface area contributed by atoms with Gasteiger partial charge in [-0.3, -0.25) is 9.10 Å². The number of sulfonamides is 1. The second kappa shape index (κ2) is 9.14. The first-order chi connectivity index (χ1) is 16.1. The van der Waals surface area contributed by atoms with Crippen molar-refractivity contribution in [3.05, 3.63) is 90.0 Å². The Balaban J connectivity index is 1.70. The molecule has 178 valence electrons. The van der Waals surface area contributed by atoms with Crippen LogP contribution in [0.25, 0.3) is 0 Å². The molecule has 0 radical (unpaired) electrons. The second-order valence-electron chi connectivity index (χ2n) is 9.53. The van der Waals surface area contributed by atoms with E-state index in [9.17, 15) is 13.2 Å². The smallest absolute Gasteiger partial charge is 0.264 e. The fourth-order valence-electron chi connectivity index (χ4n) is 3.93.